The molecule has 2 heterocycles. The standard InChI is InChI=1S/C16H17N5O2/c22-10-15-8-7-14(23-15)9-17-12-3-1-11(2-4-12)16-18-19-20-21(16)13-5-6-13/h1-4,7-8,13,17,22H,5-6,9-10H2. The van der Waals surface area contributed by atoms with Gasteiger partial charge in [-0.05, 0) is 59.7 Å². The van der Waals surface area contributed by atoms with Crippen LogP contribution in [0.25, 0.3) is 11.4 Å². The van der Waals surface area contributed by atoms with Gasteiger partial charge in [-0.3, -0.25) is 0 Å². The maximum absolute atomic E-state index is 8.99. The van der Waals surface area contributed by atoms with Gasteiger partial charge in [0, 0.05) is 11.3 Å². The Morgan fingerprint density at radius 2 is 1.91 bits per heavy atom. The van der Waals surface area contributed by atoms with Crippen molar-refractivity contribution >= 4 is 5.69 Å². The number of anilines is 1. The Morgan fingerprint density at radius 3 is 2.61 bits per heavy atom. The van der Waals surface area contributed by atoms with E-state index in [4.69, 9.17) is 9.52 Å². The van der Waals surface area contributed by atoms with Crippen molar-refractivity contribution in [3.8, 4) is 11.4 Å². The molecule has 1 aromatic carbocycles. The first-order chi connectivity index (χ1) is 11.3. The number of furan rings is 1. The van der Waals surface area contributed by atoms with Crippen molar-refractivity contribution in [3.05, 3.63) is 47.9 Å². The zero-order valence-corrected chi connectivity index (χ0v) is 12.5. The van der Waals surface area contributed by atoms with Gasteiger partial charge in [-0.25, -0.2) is 4.68 Å². The number of benzene rings is 1. The van der Waals surface area contributed by atoms with E-state index in [-0.39, 0.29) is 6.61 Å². The molecule has 0 radical (unpaired) electrons. The average molecular weight is 311 g/mol. The molecular formula is C16H17N5O2. The number of nitrogens with zero attached hydrogens (tertiary/aromatic N) is 4. The maximum atomic E-state index is 8.99. The molecule has 0 saturated heterocycles. The monoisotopic (exact) mass is 311 g/mol. The molecule has 3 aromatic rings. The fourth-order valence-corrected chi connectivity index (χ4v) is 2.48. The maximum Gasteiger partial charge on any atom is 0.182 e. The summed E-state index contributed by atoms with van der Waals surface area (Å²) in [5.74, 6) is 2.18. The quantitative estimate of drug-likeness (QED) is 0.726. The predicted molar refractivity (Wildman–Crippen MR) is 83.5 cm³/mol. The van der Waals surface area contributed by atoms with Crippen molar-refractivity contribution < 1.29 is 9.52 Å². The van der Waals surface area contributed by atoms with E-state index in [0.717, 1.165) is 35.7 Å². The highest BCUT2D eigenvalue weighted by molar-refractivity contribution is 5.59. The molecule has 2 aromatic heterocycles. The Bertz CT molecular complexity index is 789. The van der Waals surface area contributed by atoms with Crippen molar-refractivity contribution in [1.29, 1.82) is 0 Å². The number of nitrogens with one attached hydrogen (secondary N) is 1. The van der Waals surface area contributed by atoms with Crippen molar-refractivity contribution in [1.82, 2.24) is 20.2 Å². The number of hydrogen-bond donors (Lipinski definition) is 2. The minimum atomic E-state index is -0.0790. The van der Waals surface area contributed by atoms with E-state index < -0.39 is 0 Å². The first-order valence-electron chi connectivity index (χ1n) is 7.64. The molecule has 0 amide bonds. The molecule has 1 saturated carbocycles. The second-order valence-corrected chi connectivity index (χ2v) is 5.64. The molecule has 23 heavy (non-hydrogen) atoms. The summed E-state index contributed by atoms with van der Waals surface area (Å²) in [5.41, 5.74) is 1.99. The number of hydrogen-bond acceptors (Lipinski definition) is 6. The molecule has 7 heteroatoms. The highest BCUT2D eigenvalue weighted by Crippen LogP contribution is 2.36. The van der Waals surface area contributed by atoms with E-state index in [2.05, 4.69) is 20.8 Å². The second-order valence-electron chi connectivity index (χ2n) is 5.64. The lowest BCUT2D eigenvalue weighted by Crippen LogP contribution is -2.00. The SMILES string of the molecule is OCc1ccc(CNc2ccc(-c3nnnn3C3CC3)cc2)o1. The lowest BCUT2D eigenvalue weighted by atomic mass is 10.2. The van der Waals surface area contributed by atoms with Gasteiger partial charge in [-0.1, -0.05) is 0 Å². The molecule has 0 aliphatic heterocycles. The van der Waals surface area contributed by atoms with Crippen LogP contribution in [0, 0.1) is 0 Å². The third kappa shape index (κ3) is 2.95. The molecule has 118 valence electrons. The van der Waals surface area contributed by atoms with Crippen LogP contribution < -0.4 is 5.32 Å². The zero-order chi connectivity index (χ0) is 15.6. The molecule has 0 atom stereocenters. The van der Waals surface area contributed by atoms with Crippen LogP contribution >= 0.6 is 0 Å². The molecule has 0 spiro atoms. The Balaban J connectivity index is 1.44. The summed E-state index contributed by atoms with van der Waals surface area (Å²) in [6.45, 7) is 0.490. The normalized spacial score (nSPS) is 14.1. The predicted octanol–water partition coefficient (Wildman–Crippen LogP) is 2.37. The van der Waals surface area contributed by atoms with E-state index in [0.29, 0.717) is 18.3 Å². The number of tetrazole rings is 1. The molecule has 1 aliphatic rings. The van der Waals surface area contributed by atoms with Crippen LogP contribution in [-0.2, 0) is 13.2 Å². The lowest BCUT2D eigenvalue weighted by Gasteiger charge is -2.06. The fourth-order valence-electron chi connectivity index (χ4n) is 2.48. The number of aromatic nitrogens is 4. The summed E-state index contributed by atoms with van der Waals surface area (Å²) in [6.07, 6.45) is 2.30. The summed E-state index contributed by atoms with van der Waals surface area (Å²) in [7, 11) is 0. The summed E-state index contributed by atoms with van der Waals surface area (Å²) < 4.78 is 7.35. The van der Waals surface area contributed by atoms with Gasteiger partial charge in [0.25, 0.3) is 0 Å². The van der Waals surface area contributed by atoms with E-state index >= 15 is 0 Å². The number of aliphatic hydroxyl groups is 1. The third-order valence-corrected chi connectivity index (χ3v) is 3.87. The van der Waals surface area contributed by atoms with Gasteiger partial charge in [-0.2, -0.15) is 0 Å². The van der Waals surface area contributed by atoms with Gasteiger partial charge >= 0.3 is 0 Å². The van der Waals surface area contributed by atoms with Gasteiger partial charge in [0.05, 0.1) is 12.6 Å². The minimum Gasteiger partial charge on any atom is -0.462 e. The van der Waals surface area contributed by atoms with Gasteiger partial charge in [0.1, 0.15) is 18.1 Å². The molecular weight excluding hydrogens is 294 g/mol. The summed E-state index contributed by atoms with van der Waals surface area (Å²) in [6, 6.07) is 12.1. The van der Waals surface area contributed by atoms with Crippen LogP contribution in [0.3, 0.4) is 0 Å². The van der Waals surface area contributed by atoms with Crippen molar-refractivity contribution in [2.75, 3.05) is 5.32 Å². The van der Waals surface area contributed by atoms with Gasteiger partial charge in [-0.15, -0.1) is 5.10 Å². The Kier molecular flexibility index (Phi) is 3.55. The molecule has 7 nitrogen and oxygen atoms in total. The molecule has 1 fully saturated rings. The minimum absolute atomic E-state index is 0.0790. The molecule has 1 aliphatic carbocycles. The Morgan fingerprint density at radius 1 is 1.13 bits per heavy atom. The van der Waals surface area contributed by atoms with Gasteiger partial charge in [0.15, 0.2) is 5.82 Å². The van der Waals surface area contributed by atoms with Crippen LogP contribution in [0.15, 0.2) is 40.8 Å². The first-order valence-corrected chi connectivity index (χ1v) is 7.64. The molecule has 4 rings (SSSR count). The van der Waals surface area contributed by atoms with E-state index in [1.807, 2.05) is 35.0 Å². The smallest absolute Gasteiger partial charge is 0.182 e. The van der Waals surface area contributed by atoms with E-state index in [1.165, 1.54) is 0 Å². The highest BCUT2D eigenvalue weighted by atomic mass is 16.4. The van der Waals surface area contributed by atoms with Crippen LogP contribution in [0.4, 0.5) is 5.69 Å². The van der Waals surface area contributed by atoms with Crippen LogP contribution in [0.2, 0.25) is 0 Å². The first kappa shape index (κ1) is 14.0. The van der Waals surface area contributed by atoms with Crippen LogP contribution in [0.5, 0.6) is 0 Å². The number of rotatable bonds is 6. The summed E-state index contributed by atoms with van der Waals surface area (Å²) in [5, 5.41) is 24.3. The zero-order valence-electron chi connectivity index (χ0n) is 12.5. The van der Waals surface area contributed by atoms with Crippen molar-refractivity contribution in [3.63, 3.8) is 0 Å². The summed E-state index contributed by atoms with van der Waals surface area (Å²) >= 11 is 0. The van der Waals surface area contributed by atoms with Gasteiger partial charge < -0.3 is 14.8 Å². The Labute approximate surface area is 132 Å². The molecule has 0 unspecified atom stereocenters. The molecule has 0 bridgehead atoms. The van der Waals surface area contributed by atoms with Crippen LogP contribution in [0.1, 0.15) is 30.4 Å². The largest absolute Gasteiger partial charge is 0.462 e. The molecule has 2 N–H and O–H groups in total. The fraction of sp³-hybridized carbons (Fsp3) is 0.312. The van der Waals surface area contributed by atoms with E-state index in [9.17, 15) is 0 Å². The van der Waals surface area contributed by atoms with E-state index in [1.54, 1.807) is 6.07 Å². The lowest BCUT2D eigenvalue weighted by molar-refractivity contribution is 0.244. The van der Waals surface area contributed by atoms with Gasteiger partial charge in [0.2, 0.25) is 0 Å². The third-order valence-electron chi connectivity index (χ3n) is 3.87. The Hall–Kier alpha value is -2.67. The number of aliphatic hydroxyl groups excluding tert-OH is 1. The average Bonchev–Trinajstić information content (AvgIpc) is 3.13. The highest BCUT2D eigenvalue weighted by Gasteiger charge is 2.28. The van der Waals surface area contributed by atoms with Crippen molar-refractivity contribution in [2.45, 2.75) is 32.0 Å². The van der Waals surface area contributed by atoms with Crippen molar-refractivity contribution in [2.24, 2.45) is 0 Å². The topological polar surface area (TPSA) is 89.0 Å². The van der Waals surface area contributed by atoms with Crippen LogP contribution in [-0.4, -0.2) is 25.3 Å². The summed E-state index contributed by atoms with van der Waals surface area (Å²) in [4.78, 5) is 0. The second kappa shape index (κ2) is 5.85.